The normalized spacial score (nSPS) is 24.5. The Morgan fingerprint density at radius 3 is 2.81 bits per heavy atom. The van der Waals surface area contributed by atoms with Gasteiger partial charge in [-0.1, -0.05) is 11.6 Å². The van der Waals surface area contributed by atoms with Crippen LogP contribution in [0.25, 0.3) is 0 Å². The molecule has 2 atom stereocenters. The number of rotatable bonds is 3. The minimum Gasteiger partial charge on any atom is -0.479 e. The van der Waals surface area contributed by atoms with Crippen LogP contribution in [0.15, 0.2) is 18.2 Å². The van der Waals surface area contributed by atoms with Crippen LogP contribution >= 0.6 is 0 Å². The summed E-state index contributed by atoms with van der Waals surface area (Å²) in [6.45, 7) is 2.07. The third-order valence-electron chi connectivity index (χ3n) is 3.90. The molecule has 2 aliphatic rings. The highest BCUT2D eigenvalue weighted by molar-refractivity contribution is 6.52. The van der Waals surface area contributed by atoms with Crippen molar-refractivity contribution >= 4 is 23.3 Å². The van der Waals surface area contributed by atoms with E-state index in [1.807, 2.05) is 13.0 Å². The van der Waals surface area contributed by atoms with Crippen LogP contribution in [0.1, 0.15) is 28.8 Å². The lowest BCUT2D eigenvalue weighted by molar-refractivity contribution is -0.149. The van der Waals surface area contributed by atoms with Crippen molar-refractivity contribution in [1.29, 1.82) is 0 Å². The van der Waals surface area contributed by atoms with Gasteiger partial charge in [0.15, 0.2) is 6.10 Å². The molecule has 1 aromatic rings. The molecule has 1 saturated heterocycles. The van der Waals surface area contributed by atoms with Crippen molar-refractivity contribution in [2.24, 2.45) is 0 Å². The van der Waals surface area contributed by atoms with Crippen LogP contribution in [0.4, 0.5) is 5.69 Å². The zero-order valence-electron chi connectivity index (χ0n) is 11.5. The van der Waals surface area contributed by atoms with E-state index in [1.54, 1.807) is 12.1 Å². The maximum atomic E-state index is 12.1. The van der Waals surface area contributed by atoms with E-state index in [2.05, 4.69) is 0 Å². The Morgan fingerprint density at radius 2 is 2.14 bits per heavy atom. The summed E-state index contributed by atoms with van der Waals surface area (Å²) in [6.07, 6.45) is -0.177. The van der Waals surface area contributed by atoms with Crippen LogP contribution in [0.5, 0.6) is 0 Å². The molecule has 1 N–H and O–H groups in total. The van der Waals surface area contributed by atoms with Gasteiger partial charge < -0.3 is 14.7 Å². The number of amides is 1. The highest BCUT2D eigenvalue weighted by atomic mass is 16.5. The van der Waals surface area contributed by atoms with Crippen LogP contribution in [-0.4, -0.2) is 41.5 Å². The Morgan fingerprint density at radius 1 is 1.38 bits per heavy atom. The maximum absolute atomic E-state index is 12.1. The van der Waals surface area contributed by atoms with Gasteiger partial charge in [-0.3, -0.25) is 9.59 Å². The van der Waals surface area contributed by atoms with Gasteiger partial charge in [-0.2, -0.15) is 0 Å². The number of carboxylic acids is 1. The first-order valence-corrected chi connectivity index (χ1v) is 6.82. The van der Waals surface area contributed by atoms with Crippen LogP contribution in [-0.2, 0) is 14.3 Å². The monoisotopic (exact) mass is 289 g/mol. The van der Waals surface area contributed by atoms with Crippen molar-refractivity contribution in [1.82, 2.24) is 0 Å². The Labute approximate surface area is 121 Å². The lowest BCUT2D eigenvalue weighted by Gasteiger charge is -2.20. The number of ketones is 1. The number of anilines is 1. The van der Waals surface area contributed by atoms with Crippen LogP contribution < -0.4 is 4.90 Å². The summed E-state index contributed by atoms with van der Waals surface area (Å²) < 4.78 is 5.40. The fourth-order valence-corrected chi connectivity index (χ4v) is 2.82. The average Bonchev–Trinajstić information content (AvgIpc) is 2.99. The van der Waals surface area contributed by atoms with E-state index in [0.717, 1.165) is 5.56 Å². The number of benzene rings is 1. The van der Waals surface area contributed by atoms with Gasteiger partial charge in [0, 0.05) is 0 Å². The van der Waals surface area contributed by atoms with Gasteiger partial charge in [-0.05, 0) is 31.9 Å². The Bertz CT molecular complexity index is 639. The summed E-state index contributed by atoms with van der Waals surface area (Å²) in [6, 6.07) is 5.29. The average molecular weight is 289 g/mol. The number of fused-ring (bicyclic) bond motifs is 1. The molecule has 0 aromatic heterocycles. The molecule has 1 amide bonds. The van der Waals surface area contributed by atoms with Gasteiger partial charge in [0.25, 0.3) is 11.7 Å². The first kappa shape index (κ1) is 13.8. The molecule has 0 radical (unpaired) electrons. The van der Waals surface area contributed by atoms with Gasteiger partial charge in [0.05, 0.1) is 23.9 Å². The van der Waals surface area contributed by atoms with Crippen molar-refractivity contribution < 1.29 is 24.2 Å². The molecule has 3 rings (SSSR count). The first-order valence-electron chi connectivity index (χ1n) is 6.82. The van der Waals surface area contributed by atoms with E-state index in [9.17, 15) is 14.4 Å². The molecule has 0 saturated carbocycles. The summed E-state index contributed by atoms with van der Waals surface area (Å²) in [4.78, 5) is 36.3. The minimum atomic E-state index is -0.989. The first-order chi connectivity index (χ1) is 9.97. The molecule has 21 heavy (non-hydrogen) atoms. The fraction of sp³-hybridized carbons (Fsp3) is 0.400. The number of hydrogen-bond acceptors (Lipinski definition) is 4. The van der Waals surface area contributed by atoms with Crippen LogP contribution in [0, 0.1) is 6.92 Å². The van der Waals surface area contributed by atoms with E-state index in [0.29, 0.717) is 24.1 Å². The zero-order chi connectivity index (χ0) is 15.1. The van der Waals surface area contributed by atoms with Crippen molar-refractivity contribution in [2.75, 3.05) is 11.4 Å². The summed E-state index contributed by atoms with van der Waals surface area (Å²) in [7, 11) is 0. The van der Waals surface area contributed by atoms with Gasteiger partial charge in [-0.15, -0.1) is 0 Å². The van der Waals surface area contributed by atoms with Crippen molar-refractivity contribution in [2.45, 2.75) is 32.0 Å². The predicted molar refractivity (Wildman–Crippen MR) is 73.4 cm³/mol. The second-order valence-electron chi connectivity index (χ2n) is 5.43. The Balaban J connectivity index is 1.80. The number of aryl methyl sites for hydroxylation is 1. The van der Waals surface area contributed by atoms with E-state index >= 15 is 0 Å². The summed E-state index contributed by atoms with van der Waals surface area (Å²) in [5.41, 5.74) is 1.91. The van der Waals surface area contributed by atoms with Crippen LogP contribution in [0.2, 0.25) is 0 Å². The zero-order valence-corrected chi connectivity index (χ0v) is 11.5. The van der Waals surface area contributed by atoms with E-state index in [4.69, 9.17) is 9.84 Å². The van der Waals surface area contributed by atoms with Gasteiger partial charge in [0.1, 0.15) is 0 Å². The third kappa shape index (κ3) is 2.31. The number of carbonyl (C=O) groups excluding carboxylic acids is 2. The van der Waals surface area contributed by atoms with Crippen molar-refractivity contribution in [3.63, 3.8) is 0 Å². The molecule has 0 spiro atoms. The molecule has 2 heterocycles. The second kappa shape index (κ2) is 4.96. The quantitative estimate of drug-likeness (QED) is 0.844. The van der Waals surface area contributed by atoms with E-state index in [1.165, 1.54) is 4.90 Å². The number of carboxylic acid groups (broad SMARTS) is 1. The van der Waals surface area contributed by atoms with Crippen LogP contribution in [0.3, 0.4) is 0 Å². The van der Waals surface area contributed by atoms with E-state index < -0.39 is 23.8 Å². The second-order valence-corrected chi connectivity index (χ2v) is 5.43. The van der Waals surface area contributed by atoms with Gasteiger partial charge in [-0.25, -0.2) is 4.79 Å². The number of carbonyl (C=O) groups is 3. The van der Waals surface area contributed by atoms with Crippen molar-refractivity contribution in [3.05, 3.63) is 29.3 Å². The highest BCUT2D eigenvalue weighted by Gasteiger charge is 2.39. The third-order valence-corrected chi connectivity index (χ3v) is 3.90. The highest BCUT2D eigenvalue weighted by Crippen LogP contribution is 2.31. The maximum Gasteiger partial charge on any atom is 0.332 e. The summed E-state index contributed by atoms with van der Waals surface area (Å²) in [5, 5.41) is 8.91. The topological polar surface area (TPSA) is 83.9 Å². The Kier molecular flexibility index (Phi) is 3.25. The number of nitrogens with zero attached hydrogens (tertiary/aromatic N) is 1. The molecule has 110 valence electrons. The number of ether oxygens (including phenoxy) is 1. The number of hydrogen-bond donors (Lipinski definition) is 1. The van der Waals surface area contributed by atoms with Crippen molar-refractivity contribution in [3.8, 4) is 0 Å². The molecule has 6 nitrogen and oxygen atoms in total. The molecule has 2 aliphatic heterocycles. The number of Topliss-reactive ketones (excluding diaryl/α,β-unsaturated/α-hetero) is 1. The summed E-state index contributed by atoms with van der Waals surface area (Å²) in [5.74, 6) is -2.07. The predicted octanol–water partition coefficient (Wildman–Crippen LogP) is 1.16. The largest absolute Gasteiger partial charge is 0.479 e. The van der Waals surface area contributed by atoms with Gasteiger partial charge in [0.2, 0.25) is 0 Å². The molecular weight excluding hydrogens is 274 g/mol. The summed E-state index contributed by atoms with van der Waals surface area (Å²) >= 11 is 0. The minimum absolute atomic E-state index is 0.213. The number of aliphatic carboxylic acids is 1. The lowest BCUT2D eigenvalue weighted by Crippen LogP contribution is -2.37. The molecular formula is C15H15NO5. The Hall–Kier alpha value is -2.21. The van der Waals surface area contributed by atoms with E-state index in [-0.39, 0.29) is 12.6 Å². The molecule has 0 bridgehead atoms. The molecule has 1 aromatic carbocycles. The molecule has 1 fully saturated rings. The molecule has 0 aliphatic carbocycles. The van der Waals surface area contributed by atoms with Gasteiger partial charge >= 0.3 is 5.97 Å². The smallest absolute Gasteiger partial charge is 0.332 e. The fourth-order valence-electron chi connectivity index (χ4n) is 2.82. The SMILES string of the molecule is Cc1ccc2c(c1)C(=O)C(=O)N2CC1CCC(C(=O)O)O1. The molecule has 6 heteroatoms. The lowest BCUT2D eigenvalue weighted by atomic mass is 10.1. The standard InChI is InChI=1S/C15H15NO5/c1-8-2-4-11-10(6-8)13(17)14(18)16(11)7-9-3-5-12(21-9)15(19)20/h2,4,6,9,12H,3,5,7H2,1H3,(H,19,20). The molecule has 2 unspecified atom stereocenters.